The van der Waals surface area contributed by atoms with E-state index in [1.807, 2.05) is 11.1 Å². The van der Waals surface area contributed by atoms with Crippen molar-refractivity contribution in [3.05, 3.63) is 35.8 Å². The number of benzene rings is 1. The van der Waals surface area contributed by atoms with E-state index in [1.54, 1.807) is 12.1 Å². The summed E-state index contributed by atoms with van der Waals surface area (Å²) in [5.41, 5.74) is 1.43. The van der Waals surface area contributed by atoms with Crippen LogP contribution in [0.5, 0.6) is 0 Å². The van der Waals surface area contributed by atoms with Crippen molar-refractivity contribution >= 4 is 16.8 Å². The second-order valence-electron chi connectivity index (χ2n) is 6.57. The number of carbonyl (C=O) groups is 1. The summed E-state index contributed by atoms with van der Waals surface area (Å²) >= 11 is 0. The summed E-state index contributed by atoms with van der Waals surface area (Å²) in [5.74, 6) is -0.0399. The fraction of sp³-hybridized carbons (Fsp3) is 0.471. The number of aromatic amines is 1. The topological polar surface area (TPSA) is 39.3 Å². The van der Waals surface area contributed by atoms with Gasteiger partial charge in [0.2, 0.25) is 5.91 Å². The van der Waals surface area contributed by atoms with Gasteiger partial charge in [0.1, 0.15) is 5.82 Å². The van der Waals surface area contributed by atoms with Gasteiger partial charge in [0, 0.05) is 43.3 Å². The minimum absolute atomic E-state index is 0.214. The van der Waals surface area contributed by atoms with Crippen LogP contribution in [0.15, 0.2) is 24.4 Å². The molecular formula is C17H20FN3O. The quantitative estimate of drug-likeness (QED) is 0.923. The lowest BCUT2D eigenvalue weighted by Gasteiger charge is -2.34. The van der Waals surface area contributed by atoms with E-state index in [2.05, 4.69) is 16.9 Å². The third-order valence-corrected chi connectivity index (χ3v) is 5.11. The van der Waals surface area contributed by atoms with Gasteiger partial charge in [0.15, 0.2) is 0 Å². The summed E-state index contributed by atoms with van der Waals surface area (Å²) in [4.78, 5) is 20.4. The lowest BCUT2D eigenvalue weighted by molar-refractivity contribution is -0.135. The Bertz CT molecular complexity index is 727. The molecule has 1 saturated heterocycles. The Morgan fingerprint density at radius 1 is 1.23 bits per heavy atom. The zero-order chi connectivity index (χ0) is 15.3. The highest BCUT2D eigenvalue weighted by Gasteiger charge is 2.54. The van der Waals surface area contributed by atoms with E-state index in [-0.39, 0.29) is 11.7 Å². The van der Waals surface area contributed by atoms with Gasteiger partial charge in [-0.1, -0.05) is 0 Å². The largest absolute Gasteiger partial charge is 0.361 e. The summed E-state index contributed by atoms with van der Waals surface area (Å²) in [5, 5.41) is 0.847. The lowest BCUT2D eigenvalue weighted by atomic mass is 9.93. The van der Waals surface area contributed by atoms with Crippen molar-refractivity contribution in [2.75, 3.05) is 33.2 Å². The Kier molecular flexibility index (Phi) is 3.01. The molecule has 2 fully saturated rings. The second kappa shape index (κ2) is 4.81. The first-order chi connectivity index (χ1) is 10.6. The molecule has 0 radical (unpaired) electrons. The Morgan fingerprint density at radius 3 is 2.64 bits per heavy atom. The number of likely N-dealkylation sites (N-methyl/N-ethyl adjacent to an activating group) is 1. The fourth-order valence-electron chi connectivity index (χ4n) is 3.52. The van der Waals surface area contributed by atoms with Gasteiger partial charge in [-0.15, -0.1) is 0 Å². The number of carbonyl (C=O) groups excluding carboxylic acids is 1. The highest BCUT2D eigenvalue weighted by atomic mass is 19.1. The van der Waals surface area contributed by atoms with E-state index in [0.29, 0.717) is 0 Å². The van der Waals surface area contributed by atoms with Crippen LogP contribution in [0.2, 0.25) is 0 Å². The zero-order valence-electron chi connectivity index (χ0n) is 12.7. The van der Waals surface area contributed by atoms with Crippen molar-refractivity contribution < 1.29 is 9.18 Å². The molecule has 5 heteroatoms. The number of rotatable bonds is 2. The minimum atomic E-state index is -0.429. The van der Waals surface area contributed by atoms with E-state index in [1.165, 1.54) is 6.07 Å². The average Bonchev–Trinajstić information content (AvgIpc) is 3.22. The van der Waals surface area contributed by atoms with Gasteiger partial charge in [-0.2, -0.15) is 0 Å². The maximum atomic E-state index is 13.6. The van der Waals surface area contributed by atoms with E-state index in [0.717, 1.165) is 55.5 Å². The SMILES string of the molecule is CN1CCN(C(=O)C2(c3c[nH]c4ccc(F)cc34)CC2)CC1. The number of piperazine rings is 1. The Hall–Kier alpha value is -1.88. The first-order valence-electron chi connectivity index (χ1n) is 7.85. The molecule has 2 aromatic rings. The Balaban J connectivity index is 1.68. The Morgan fingerprint density at radius 2 is 1.95 bits per heavy atom. The van der Waals surface area contributed by atoms with Crippen molar-refractivity contribution in [1.29, 1.82) is 0 Å². The molecule has 1 aliphatic heterocycles. The average molecular weight is 301 g/mol. The molecule has 1 saturated carbocycles. The molecule has 22 heavy (non-hydrogen) atoms. The van der Waals surface area contributed by atoms with Crippen LogP contribution in [0.1, 0.15) is 18.4 Å². The molecule has 1 amide bonds. The molecule has 1 aliphatic carbocycles. The van der Waals surface area contributed by atoms with Gasteiger partial charge in [-0.25, -0.2) is 4.39 Å². The summed E-state index contributed by atoms with van der Waals surface area (Å²) in [7, 11) is 2.08. The molecule has 0 bridgehead atoms. The van der Waals surface area contributed by atoms with Crippen LogP contribution in [0, 0.1) is 5.82 Å². The normalized spacial score (nSPS) is 21.3. The van der Waals surface area contributed by atoms with Crippen LogP contribution in [0.25, 0.3) is 10.9 Å². The number of H-pyrrole nitrogens is 1. The summed E-state index contributed by atoms with van der Waals surface area (Å²) < 4.78 is 13.6. The highest BCUT2D eigenvalue weighted by Crippen LogP contribution is 2.51. The molecule has 0 unspecified atom stereocenters. The fourth-order valence-corrected chi connectivity index (χ4v) is 3.52. The summed E-state index contributed by atoms with van der Waals surface area (Å²) in [6, 6.07) is 4.73. The maximum absolute atomic E-state index is 13.6. The van der Waals surface area contributed by atoms with Crippen molar-refractivity contribution in [2.45, 2.75) is 18.3 Å². The predicted octanol–water partition coefficient (Wildman–Crippen LogP) is 2.11. The molecule has 4 rings (SSSR count). The van der Waals surface area contributed by atoms with Gasteiger partial charge < -0.3 is 14.8 Å². The number of hydrogen-bond acceptors (Lipinski definition) is 2. The number of fused-ring (bicyclic) bond motifs is 1. The van der Waals surface area contributed by atoms with Crippen LogP contribution < -0.4 is 0 Å². The number of amides is 1. The molecule has 2 heterocycles. The first-order valence-corrected chi connectivity index (χ1v) is 7.85. The maximum Gasteiger partial charge on any atom is 0.233 e. The van der Waals surface area contributed by atoms with Crippen molar-refractivity contribution in [1.82, 2.24) is 14.8 Å². The number of nitrogens with zero attached hydrogens (tertiary/aromatic N) is 2. The molecule has 2 aliphatic rings. The Labute approximate surface area is 128 Å². The van der Waals surface area contributed by atoms with Gasteiger partial charge >= 0.3 is 0 Å². The van der Waals surface area contributed by atoms with Gasteiger partial charge in [0.05, 0.1) is 5.41 Å². The standard InChI is InChI=1S/C17H20FN3O/c1-20-6-8-21(9-7-20)16(22)17(4-5-17)14-11-19-15-3-2-12(18)10-13(14)15/h2-3,10-11,19H,4-9H2,1H3. The number of halogens is 1. The van der Waals surface area contributed by atoms with Gasteiger partial charge in [-0.3, -0.25) is 4.79 Å². The molecule has 1 aromatic heterocycles. The predicted molar refractivity (Wildman–Crippen MR) is 83.2 cm³/mol. The lowest BCUT2D eigenvalue weighted by Crippen LogP contribution is -2.50. The molecule has 4 nitrogen and oxygen atoms in total. The van der Waals surface area contributed by atoms with Crippen LogP contribution >= 0.6 is 0 Å². The summed E-state index contributed by atoms with van der Waals surface area (Å²) in [6.07, 6.45) is 3.62. The number of nitrogens with one attached hydrogen (secondary N) is 1. The molecule has 1 aromatic carbocycles. The third-order valence-electron chi connectivity index (χ3n) is 5.11. The smallest absolute Gasteiger partial charge is 0.233 e. The minimum Gasteiger partial charge on any atom is -0.361 e. The third kappa shape index (κ3) is 2.03. The van der Waals surface area contributed by atoms with Crippen LogP contribution in [0.4, 0.5) is 4.39 Å². The number of aromatic nitrogens is 1. The highest BCUT2D eigenvalue weighted by molar-refractivity contribution is 5.97. The van der Waals surface area contributed by atoms with Crippen molar-refractivity contribution in [3.63, 3.8) is 0 Å². The van der Waals surface area contributed by atoms with Crippen molar-refractivity contribution in [2.24, 2.45) is 0 Å². The zero-order valence-corrected chi connectivity index (χ0v) is 12.7. The molecule has 116 valence electrons. The molecular weight excluding hydrogens is 281 g/mol. The van der Waals surface area contributed by atoms with Gasteiger partial charge in [-0.05, 0) is 43.7 Å². The van der Waals surface area contributed by atoms with Crippen molar-refractivity contribution in [3.8, 4) is 0 Å². The number of hydrogen-bond donors (Lipinski definition) is 1. The monoisotopic (exact) mass is 301 g/mol. The van der Waals surface area contributed by atoms with Crippen LogP contribution in [0.3, 0.4) is 0 Å². The molecule has 1 N–H and O–H groups in total. The van der Waals surface area contributed by atoms with Gasteiger partial charge in [0.25, 0.3) is 0 Å². The van der Waals surface area contributed by atoms with E-state index in [4.69, 9.17) is 0 Å². The molecule has 0 atom stereocenters. The van der Waals surface area contributed by atoms with E-state index >= 15 is 0 Å². The van der Waals surface area contributed by atoms with Crippen LogP contribution in [-0.4, -0.2) is 53.9 Å². The first kappa shape index (κ1) is 13.8. The molecule has 0 spiro atoms. The summed E-state index contributed by atoms with van der Waals surface area (Å²) in [6.45, 7) is 3.41. The van der Waals surface area contributed by atoms with Crippen LogP contribution in [-0.2, 0) is 10.2 Å². The van der Waals surface area contributed by atoms with E-state index < -0.39 is 5.41 Å². The van der Waals surface area contributed by atoms with E-state index in [9.17, 15) is 9.18 Å². The second-order valence-corrected chi connectivity index (χ2v) is 6.57.